The summed E-state index contributed by atoms with van der Waals surface area (Å²) in [5.41, 5.74) is 0.156. The molecule has 0 aliphatic heterocycles. The molecule has 0 atom stereocenters. The fourth-order valence-electron chi connectivity index (χ4n) is 1.74. The van der Waals surface area contributed by atoms with Crippen molar-refractivity contribution in [3.8, 4) is 0 Å². The Labute approximate surface area is 136 Å². The standard InChI is InChI=1S/C11H19NOS.C4H10O4/c1-2-3-4-5-6-7-9-12-11(13)8-10-14-12;5-3-7-1-2-8-4-6/h8,10H,2-7,9H2,1H3;5-6H,1-4H2. The first-order chi connectivity index (χ1) is 10.8. The fourth-order valence-corrected chi connectivity index (χ4v) is 2.47. The molecule has 0 aliphatic rings. The van der Waals surface area contributed by atoms with E-state index in [1.54, 1.807) is 6.07 Å². The summed E-state index contributed by atoms with van der Waals surface area (Å²) in [5.74, 6) is 0. The highest BCUT2D eigenvalue weighted by Crippen LogP contribution is 2.06. The second kappa shape index (κ2) is 16.6. The summed E-state index contributed by atoms with van der Waals surface area (Å²) < 4.78 is 10.7. The van der Waals surface area contributed by atoms with Gasteiger partial charge in [-0.15, -0.1) is 0 Å². The fraction of sp³-hybridized carbons (Fsp3) is 0.800. The van der Waals surface area contributed by atoms with E-state index >= 15 is 0 Å². The molecule has 0 unspecified atom stereocenters. The van der Waals surface area contributed by atoms with Crippen LogP contribution < -0.4 is 5.56 Å². The molecule has 2 N–H and O–H groups in total. The Morgan fingerprint density at radius 2 is 1.64 bits per heavy atom. The Morgan fingerprint density at radius 3 is 2.14 bits per heavy atom. The van der Waals surface area contributed by atoms with E-state index in [4.69, 9.17) is 10.2 Å². The van der Waals surface area contributed by atoms with Crippen LogP contribution in [0.1, 0.15) is 45.4 Å². The average Bonchev–Trinajstić information content (AvgIpc) is 2.93. The van der Waals surface area contributed by atoms with Crippen molar-refractivity contribution in [3.63, 3.8) is 0 Å². The minimum Gasteiger partial charge on any atom is -0.371 e. The molecule has 130 valence electrons. The third-order valence-corrected chi connectivity index (χ3v) is 3.79. The lowest BCUT2D eigenvalue weighted by atomic mass is 10.1. The zero-order valence-corrected chi connectivity index (χ0v) is 14.2. The second-order valence-corrected chi connectivity index (χ2v) is 5.61. The van der Waals surface area contributed by atoms with Gasteiger partial charge in [0.2, 0.25) is 0 Å². The number of aromatic nitrogens is 1. The van der Waals surface area contributed by atoms with Gasteiger partial charge in [-0.25, -0.2) is 0 Å². The largest absolute Gasteiger partial charge is 0.371 e. The molecule has 0 aromatic carbocycles. The number of rotatable bonds is 12. The molecule has 0 aliphatic carbocycles. The van der Waals surface area contributed by atoms with E-state index in [1.807, 2.05) is 9.34 Å². The van der Waals surface area contributed by atoms with Crippen LogP contribution in [-0.4, -0.2) is 41.0 Å². The molecular weight excluding hydrogens is 306 g/mol. The lowest BCUT2D eigenvalue weighted by Gasteiger charge is -2.00. The van der Waals surface area contributed by atoms with Crippen molar-refractivity contribution in [1.29, 1.82) is 0 Å². The van der Waals surface area contributed by atoms with Crippen molar-refractivity contribution in [1.82, 2.24) is 3.96 Å². The zero-order chi connectivity index (χ0) is 16.5. The summed E-state index contributed by atoms with van der Waals surface area (Å²) in [6, 6.07) is 1.64. The van der Waals surface area contributed by atoms with Gasteiger partial charge in [-0.1, -0.05) is 50.6 Å². The summed E-state index contributed by atoms with van der Waals surface area (Å²) in [6.07, 6.45) is 7.70. The van der Waals surface area contributed by atoms with Gasteiger partial charge in [-0.2, -0.15) is 0 Å². The summed E-state index contributed by atoms with van der Waals surface area (Å²) >= 11 is 1.52. The topological polar surface area (TPSA) is 80.9 Å². The highest BCUT2D eigenvalue weighted by atomic mass is 32.1. The van der Waals surface area contributed by atoms with Crippen molar-refractivity contribution in [2.45, 2.75) is 52.0 Å². The normalized spacial score (nSPS) is 10.3. The van der Waals surface area contributed by atoms with Crippen LogP contribution in [0.15, 0.2) is 16.2 Å². The highest BCUT2D eigenvalue weighted by Gasteiger charge is 1.96. The van der Waals surface area contributed by atoms with Crippen molar-refractivity contribution in [2.24, 2.45) is 0 Å². The number of ether oxygens (including phenoxy) is 2. The number of hydrogen-bond donors (Lipinski definition) is 2. The van der Waals surface area contributed by atoms with Crippen molar-refractivity contribution in [2.75, 3.05) is 26.8 Å². The predicted octanol–water partition coefficient (Wildman–Crippen LogP) is 2.19. The minimum atomic E-state index is -0.297. The van der Waals surface area contributed by atoms with Crippen LogP contribution in [0.5, 0.6) is 0 Å². The van der Waals surface area contributed by atoms with Crippen LogP contribution in [0.3, 0.4) is 0 Å². The number of aliphatic hydroxyl groups is 2. The molecule has 0 bridgehead atoms. The molecule has 1 heterocycles. The molecule has 0 amide bonds. The van der Waals surface area contributed by atoms with Crippen LogP contribution in [-0.2, 0) is 16.0 Å². The van der Waals surface area contributed by atoms with E-state index < -0.39 is 0 Å². The summed E-state index contributed by atoms with van der Waals surface area (Å²) in [5, 5.41) is 17.9. The molecule has 1 aromatic rings. The predicted molar refractivity (Wildman–Crippen MR) is 88.0 cm³/mol. The van der Waals surface area contributed by atoms with Crippen molar-refractivity contribution in [3.05, 3.63) is 21.8 Å². The number of hydrogen-bond acceptors (Lipinski definition) is 6. The Hall–Kier alpha value is -0.730. The van der Waals surface area contributed by atoms with Gasteiger partial charge in [0.25, 0.3) is 5.56 Å². The van der Waals surface area contributed by atoms with Gasteiger partial charge in [0.05, 0.1) is 13.2 Å². The lowest BCUT2D eigenvalue weighted by Crippen LogP contribution is -2.11. The molecule has 1 rings (SSSR count). The van der Waals surface area contributed by atoms with E-state index in [-0.39, 0.29) is 19.1 Å². The van der Waals surface area contributed by atoms with Gasteiger partial charge in [0.15, 0.2) is 0 Å². The van der Waals surface area contributed by atoms with Crippen LogP contribution in [0.2, 0.25) is 0 Å². The Balaban J connectivity index is 0.000000472. The van der Waals surface area contributed by atoms with Gasteiger partial charge >= 0.3 is 0 Å². The number of nitrogens with zero attached hydrogens (tertiary/aromatic N) is 1. The third kappa shape index (κ3) is 13.0. The van der Waals surface area contributed by atoms with Crippen LogP contribution >= 0.6 is 11.5 Å². The van der Waals surface area contributed by atoms with Gasteiger partial charge in [0, 0.05) is 18.0 Å². The first-order valence-corrected chi connectivity index (χ1v) is 8.62. The number of unbranched alkanes of at least 4 members (excludes halogenated alkanes) is 5. The molecule has 0 saturated carbocycles. The van der Waals surface area contributed by atoms with E-state index in [2.05, 4.69) is 16.4 Å². The van der Waals surface area contributed by atoms with Crippen LogP contribution in [0, 0.1) is 0 Å². The molecule has 1 aromatic heterocycles. The highest BCUT2D eigenvalue weighted by molar-refractivity contribution is 7.04. The van der Waals surface area contributed by atoms with E-state index in [9.17, 15) is 4.79 Å². The Bertz CT molecular complexity index is 374. The van der Waals surface area contributed by atoms with E-state index in [0.717, 1.165) is 13.0 Å². The van der Waals surface area contributed by atoms with Crippen molar-refractivity contribution >= 4 is 11.5 Å². The summed E-state index contributed by atoms with van der Waals surface area (Å²) in [6.45, 7) is 3.17. The maximum atomic E-state index is 11.2. The molecule has 0 saturated heterocycles. The first-order valence-electron chi connectivity index (χ1n) is 7.78. The third-order valence-electron chi connectivity index (χ3n) is 2.91. The van der Waals surface area contributed by atoms with Crippen LogP contribution in [0.4, 0.5) is 0 Å². The van der Waals surface area contributed by atoms with Crippen molar-refractivity contribution < 1.29 is 19.7 Å². The maximum absolute atomic E-state index is 11.2. The van der Waals surface area contributed by atoms with E-state index in [0.29, 0.717) is 13.2 Å². The van der Waals surface area contributed by atoms with E-state index in [1.165, 1.54) is 43.6 Å². The average molecular weight is 335 g/mol. The van der Waals surface area contributed by atoms with Gasteiger partial charge in [-0.3, -0.25) is 8.75 Å². The Morgan fingerprint density at radius 1 is 1.05 bits per heavy atom. The number of aliphatic hydroxyl groups excluding tert-OH is 2. The first kappa shape index (κ1) is 21.3. The quantitative estimate of drug-likeness (QED) is 0.452. The number of aryl methyl sites for hydroxylation is 1. The minimum absolute atomic E-state index is 0.156. The molecule has 6 nitrogen and oxygen atoms in total. The summed E-state index contributed by atoms with van der Waals surface area (Å²) in [7, 11) is 0. The Kier molecular flexibility index (Phi) is 16.1. The zero-order valence-electron chi connectivity index (χ0n) is 13.4. The van der Waals surface area contributed by atoms with Gasteiger partial charge in [-0.05, 0) is 6.42 Å². The summed E-state index contributed by atoms with van der Waals surface area (Å²) in [4.78, 5) is 11.2. The molecule has 0 spiro atoms. The second-order valence-electron chi connectivity index (χ2n) is 4.69. The molecule has 0 radical (unpaired) electrons. The molecule has 0 fully saturated rings. The van der Waals surface area contributed by atoms with Gasteiger partial charge < -0.3 is 19.7 Å². The molecule has 22 heavy (non-hydrogen) atoms. The van der Waals surface area contributed by atoms with Crippen LogP contribution in [0.25, 0.3) is 0 Å². The lowest BCUT2D eigenvalue weighted by molar-refractivity contribution is -0.0600. The smallest absolute Gasteiger partial charge is 0.260 e. The SMILES string of the molecule is CCCCCCCCn1sccc1=O.OCOCCOCO. The molecular formula is C15H29NO5S. The maximum Gasteiger partial charge on any atom is 0.260 e. The molecule has 7 heteroatoms. The monoisotopic (exact) mass is 335 g/mol. The van der Waals surface area contributed by atoms with Gasteiger partial charge in [0.1, 0.15) is 13.6 Å².